The minimum Gasteiger partial charge on any atom is -0.486 e. The first-order chi connectivity index (χ1) is 6.69. The molecule has 5 heteroatoms. The lowest BCUT2D eigenvalue weighted by atomic mass is 10.4. The maximum atomic E-state index is 11.1. The van der Waals surface area contributed by atoms with E-state index in [2.05, 4.69) is 11.3 Å². The van der Waals surface area contributed by atoms with Crippen LogP contribution in [0.15, 0.2) is 18.7 Å². The van der Waals surface area contributed by atoms with E-state index < -0.39 is 5.97 Å². The Morgan fingerprint density at radius 3 is 3.07 bits per heavy atom. The van der Waals surface area contributed by atoms with E-state index in [0.717, 1.165) is 11.3 Å². The third kappa shape index (κ3) is 2.26. The molecule has 0 saturated carbocycles. The zero-order valence-electron chi connectivity index (χ0n) is 7.78. The Morgan fingerprint density at radius 1 is 1.79 bits per heavy atom. The number of ether oxygens (including phenoxy) is 2. The lowest BCUT2D eigenvalue weighted by Gasteiger charge is -1.99. The van der Waals surface area contributed by atoms with Crippen LogP contribution in [0.1, 0.15) is 9.67 Å². The summed E-state index contributed by atoms with van der Waals surface area (Å²) in [6.45, 7) is 3.87. The number of rotatable bonds is 4. The summed E-state index contributed by atoms with van der Waals surface area (Å²) >= 11 is 1.14. The predicted molar refractivity (Wildman–Crippen MR) is 55.8 cm³/mol. The molecule has 0 amide bonds. The van der Waals surface area contributed by atoms with Crippen molar-refractivity contribution in [2.24, 2.45) is 0 Å². The number of hydrogen-bond donors (Lipinski definition) is 1. The third-order valence-corrected chi connectivity index (χ3v) is 2.39. The summed E-state index contributed by atoms with van der Waals surface area (Å²) in [5, 5.41) is 0.465. The molecular weight excluding hydrogens is 202 g/mol. The van der Waals surface area contributed by atoms with Gasteiger partial charge in [-0.2, -0.15) is 0 Å². The highest BCUT2D eigenvalue weighted by Gasteiger charge is 2.13. The molecule has 0 aliphatic heterocycles. The number of esters is 1. The van der Waals surface area contributed by atoms with Crippen molar-refractivity contribution in [1.29, 1.82) is 0 Å². The van der Waals surface area contributed by atoms with Crippen LogP contribution in [-0.2, 0) is 4.74 Å². The Labute approximate surface area is 85.9 Å². The van der Waals surface area contributed by atoms with E-state index in [4.69, 9.17) is 10.5 Å². The molecule has 0 aliphatic rings. The van der Waals surface area contributed by atoms with Gasteiger partial charge in [-0.1, -0.05) is 12.7 Å². The number of methoxy groups -OCH3 is 1. The second-order valence-electron chi connectivity index (χ2n) is 2.43. The van der Waals surface area contributed by atoms with E-state index in [1.165, 1.54) is 7.11 Å². The first kappa shape index (κ1) is 10.6. The fourth-order valence-electron chi connectivity index (χ4n) is 0.851. The molecule has 0 fully saturated rings. The van der Waals surface area contributed by atoms with Crippen LogP contribution in [-0.4, -0.2) is 19.7 Å². The van der Waals surface area contributed by atoms with Gasteiger partial charge >= 0.3 is 5.97 Å². The number of nitrogen functional groups attached to an aromatic ring is 1. The van der Waals surface area contributed by atoms with Gasteiger partial charge in [-0.15, -0.1) is 11.3 Å². The van der Waals surface area contributed by atoms with E-state index in [0.29, 0.717) is 22.2 Å². The summed E-state index contributed by atoms with van der Waals surface area (Å²) < 4.78 is 9.77. The molecule has 2 N–H and O–H groups in total. The third-order valence-electron chi connectivity index (χ3n) is 1.47. The molecule has 0 radical (unpaired) electrons. The number of hydrogen-bond acceptors (Lipinski definition) is 5. The highest BCUT2D eigenvalue weighted by molar-refractivity contribution is 7.18. The number of carbonyl (C=O) groups is 1. The monoisotopic (exact) mass is 213 g/mol. The van der Waals surface area contributed by atoms with E-state index in [9.17, 15) is 4.79 Å². The molecule has 14 heavy (non-hydrogen) atoms. The smallest absolute Gasteiger partial charge is 0.348 e. The van der Waals surface area contributed by atoms with Crippen LogP contribution >= 0.6 is 11.3 Å². The van der Waals surface area contributed by atoms with Gasteiger partial charge in [0.05, 0.1) is 7.11 Å². The molecule has 0 atom stereocenters. The van der Waals surface area contributed by atoms with Crippen molar-refractivity contribution in [1.82, 2.24) is 0 Å². The Balaban J connectivity index is 2.81. The Kier molecular flexibility index (Phi) is 3.53. The quantitative estimate of drug-likeness (QED) is 0.610. The summed E-state index contributed by atoms with van der Waals surface area (Å²) in [5.74, 6) is 0.0884. The van der Waals surface area contributed by atoms with Crippen molar-refractivity contribution >= 4 is 22.3 Å². The molecule has 0 aromatic carbocycles. The standard InChI is InChI=1S/C9H11NO3S/c1-3-4-13-6-5-7(9(11)12-2)14-8(6)10/h3,5H,1,4,10H2,2H3. The van der Waals surface area contributed by atoms with Gasteiger partial charge < -0.3 is 15.2 Å². The van der Waals surface area contributed by atoms with Crippen molar-refractivity contribution in [2.75, 3.05) is 19.5 Å². The van der Waals surface area contributed by atoms with Gasteiger partial charge in [0.1, 0.15) is 16.5 Å². The van der Waals surface area contributed by atoms with Crippen LogP contribution in [0, 0.1) is 0 Å². The van der Waals surface area contributed by atoms with E-state index >= 15 is 0 Å². The molecule has 1 aromatic heterocycles. The lowest BCUT2D eigenvalue weighted by Crippen LogP contribution is -1.97. The molecule has 0 spiro atoms. The van der Waals surface area contributed by atoms with Crippen molar-refractivity contribution in [3.8, 4) is 5.75 Å². The fraction of sp³-hybridized carbons (Fsp3) is 0.222. The maximum Gasteiger partial charge on any atom is 0.348 e. The average molecular weight is 213 g/mol. The van der Waals surface area contributed by atoms with Gasteiger partial charge in [0, 0.05) is 6.07 Å². The number of carbonyl (C=O) groups excluding carboxylic acids is 1. The zero-order valence-corrected chi connectivity index (χ0v) is 8.60. The van der Waals surface area contributed by atoms with Crippen LogP contribution < -0.4 is 10.5 Å². The van der Waals surface area contributed by atoms with Crippen LogP contribution in [0.2, 0.25) is 0 Å². The fourth-order valence-corrected chi connectivity index (χ4v) is 1.64. The summed E-state index contributed by atoms with van der Waals surface area (Å²) in [7, 11) is 1.32. The Hall–Kier alpha value is -1.49. The normalized spacial score (nSPS) is 9.50. The molecule has 0 bridgehead atoms. The minimum absolute atomic E-state index is 0.363. The first-order valence-electron chi connectivity index (χ1n) is 3.90. The van der Waals surface area contributed by atoms with Gasteiger partial charge in [-0.25, -0.2) is 4.79 Å². The molecule has 1 rings (SSSR count). The van der Waals surface area contributed by atoms with E-state index in [1.54, 1.807) is 12.1 Å². The molecule has 0 saturated heterocycles. The highest BCUT2D eigenvalue weighted by atomic mass is 32.1. The largest absolute Gasteiger partial charge is 0.486 e. The highest BCUT2D eigenvalue weighted by Crippen LogP contribution is 2.32. The minimum atomic E-state index is -0.407. The zero-order chi connectivity index (χ0) is 10.6. The lowest BCUT2D eigenvalue weighted by molar-refractivity contribution is 0.0606. The maximum absolute atomic E-state index is 11.1. The van der Waals surface area contributed by atoms with Gasteiger partial charge in [0.25, 0.3) is 0 Å². The Morgan fingerprint density at radius 2 is 2.50 bits per heavy atom. The van der Waals surface area contributed by atoms with Crippen LogP contribution in [0.5, 0.6) is 5.75 Å². The molecule has 76 valence electrons. The summed E-state index contributed by atoms with van der Waals surface area (Å²) in [6.07, 6.45) is 1.61. The SMILES string of the molecule is C=CCOc1cc(C(=O)OC)sc1N. The molecule has 0 unspecified atom stereocenters. The molecule has 1 aromatic rings. The number of thiophene rings is 1. The second kappa shape index (κ2) is 4.66. The van der Waals surface area contributed by atoms with Crippen molar-refractivity contribution in [3.05, 3.63) is 23.6 Å². The average Bonchev–Trinajstić information content (AvgIpc) is 2.56. The second-order valence-corrected chi connectivity index (χ2v) is 3.51. The topological polar surface area (TPSA) is 61.5 Å². The van der Waals surface area contributed by atoms with Gasteiger partial charge in [0.15, 0.2) is 5.75 Å². The molecular formula is C9H11NO3S. The van der Waals surface area contributed by atoms with Crippen molar-refractivity contribution in [3.63, 3.8) is 0 Å². The van der Waals surface area contributed by atoms with Gasteiger partial charge in [0.2, 0.25) is 0 Å². The molecule has 1 heterocycles. The number of anilines is 1. The summed E-state index contributed by atoms with van der Waals surface area (Å²) in [5.41, 5.74) is 5.63. The van der Waals surface area contributed by atoms with Gasteiger partial charge in [-0.3, -0.25) is 0 Å². The molecule has 4 nitrogen and oxygen atoms in total. The van der Waals surface area contributed by atoms with Crippen LogP contribution in [0.4, 0.5) is 5.00 Å². The van der Waals surface area contributed by atoms with Gasteiger partial charge in [-0.05, 0) is 0 Å². The summed E-state index contributed by atoms with van der Waals surface area (Å²) in [6, 6.07) is 1.56. The number of nitrogens with two attached hydrogens (primary N) is 1. The first-order valence-corrected chi connectivity index (χ1v) is 4.72. The van der Waals surface area contributed by atoms with Crippen LogP contribution in [0.3, 0.4) is 0 Å². The van der Waals surface area contributed by atoms with Crippen molar-refractivity contribution < 1.29 is 14.3 Å². The van der Waals surface area contributed by atoms with E-state index in [1.807, 2.05) is 0 Å². The van der Waals surface area contributed by atoms with Crippen LogP contribution in [0.25, 0.3) is 0 Å². The Bertz CT molecular complexity index is 346. The predicted octanol–water partition coefficient (Wildman–Crippen LogP) is 1.68. The van der Waals surface area contributed by atoms with Crippen molar-refractivity contribution in [2.45, 2.75) is 0 Å². The van der Waals surface area contributed by atoms with E-state index in [-0.39, 0.29) is 0 Å². The molecule has 0 aliphatic carbocycles. The summed E-state index contributed by atoms with van der Waals surface area (Å²) in [4.78, 5) is 11.5.